The number of thiazole rings is 1. The number of rotatable bonds is 23. The van der Waals surface area contributed by atoms with Crippen LogP contribution >= 0.6 is 11.3 Å². The fraction of sp³-hybridized carbons (Fsp3) is 0.466. The third-order valence-corrected chi connectivity index (χ3v) is 17.4. The van der Waals surface area contributed by atoms with Crippen LogP contribution < -0.4 is 30.7 Å². The zero-order chi connectivity index (χ0) is 54.9. The van der Waals surface area contributed by atoms with Crippen molar-refractivity contribution < 1.29 is 46.5 Å². The standard InChI is InChI=1S/C58H73N7O10S2/c1-37(59-8)54(66)64-53(57(2,3)4)56(68)65-35-40-30-42(18-16-39(40)31-49(65)55(67)63-45-15-11-13-38-12-9-10-14-43(38)45)74-28-26-72-24-22-71-23-25-73-27-29-75-50-34-47-44(33-52(50)77(69,70)58(5,6)7)46(20-21-60-47)62-41-17-19-51-48(32-41)61-36-76-51/h9-10,12,14,16-21,30,32-34,36-37,45,49,53,59H,11,13,15,22-29,31,35H2,1-8H3,(H,60,62)(H,63,67)(H,64,66)/t37?,45-,49-,53?/m0/s1. The highest BCUT2D eigenvalue weighted by Crippen LogP contribution is 2.39. The van der Waals surface area contributed by atoms with Gasteiger partial charge in [-0.1, -0.05) is 51.1 Å². The molecule has 0 bridgehead atoms. The molecule has 19 heteroatoms. The Kier molecular flexibility index (Phi) is 18.5. The molecule has 2 aliphatic rings. The Morgan fingerprint density at radius 3 is 2.22 bits per heavy atom. The Balaban J connectivity index is 0.795. The van der Waals surface area contributed by atoms with E-state index < -0.39 is 38.1 Å². The Morgan fingerprint density at radius 1 is 0.792 bits per heavy atom. The number of pyridine rings is 1. The summed E-state index contributed by atoms with van der Waals surface area (Å²) in [7, 11) is -2.13. The van der Waals surface area contributed by atoms with E-state index in [4.69, 9.17) is 23.7 Å². The van der Waals surface area contributed by atoms with Crippen molar-refractivity contribution in [2.45, 2.75) is 115 Å². The molecule has 4 aromatic carbocycles. The highest BCUT2D eigenvalue weighted by molar-refractivity contribution is 7.92. The van der Waals surface area contributed by atoms with Gasteiger partial charge in [0.15, 0.2) is 9.84 Å². The first-order valence-electron chi connectivity index (χ1n) is 26.4. The maximum absolute atomic E-state index is 14.7. The average molecular weight is 1090 g/mol. The van der Waals surface area contributed by atoms with Crippen LogP contribution in [0.15, 0.2) is 95.5 Å². The first-order valence-corrected chi connectivity index (χ1v) is 28.7. The van der Waals surface area contributed by atoms with Crippen LogP contribution in [0.3, 0.4) is 0 Å². The predicted octanol–water partition coefficient (Wildman–Crippen LogP) is 8.25. The van der Waals surface area contributed by atoms with Gasteiger partial charge in [0.25, 0.3) is 0 Å². The number of benzene rings is 4. The fourth-order valence-electron chi connectivity index (χ4n) is 9.48. The number of ether oxygens (including phenoxy) is 5. The van der Waals surface area contributed by atoms with Gasteiger partial charge < -0.3 is 49.9 Å². The molecule has 8 rings (SSSR count). The van der Waals surface area contributed by atoms with E-state index in [1.165, 1.54) is 5.56 Å². The van der Waals surface area contributed by atoms with Gasteiger partial charge in [-0.25, -0.2) is 13.4 Å². The second-order valence-corrected chi connectivity index (χ2v) is 25.1. The zero-order valence-corrected chi connectivity index (χ0v) is 47.0. The molecule has 17 nitrogen and oxygen atoms in total. The topological polar surface area (TPSA) is 209 Å². The van der Waals surface area contributed by atoms with Crippen LogP contribution in [-0.2, 0) is 57.8 Å². The minimum Gasteiger partial charge on any atom is -0.491 e. The number of sulfone groups is 1. The van der Waals surface area contributed by atoms with Crippen LogP contribution in [0.25, 0.3) is 21.1 Å². The van der Waals surface area contributed by atoms with Crippen molar-refractivity contribution in [1.29, 1.82) is 0 Å². The second kappa shape index (κ2) is 25.1. The van der Waals surface area contributed by atoms with Crippen molar-refractivity contribution in [3.05, 3.63) is 113 Å². The van der Waals surface area contributed by atoms with Gasteiger partial charge in [0.2, 0.25) is 17.7 Å². The van der Waals surface area contributed by atoms with Gasteiger partial charge in [-0.15, -0.1) is 11.3 Å². The molecule has 4 N–H and O–H groups in total. The summed E-state index contributed by atoms with van der Waals surface area (Å²) in [5.74, 6) is -0.0348. The third kappa shape index (κ3) is 13.9. The molecule has 1 aliphatic carbocycles. The largest absolute Gasteiger partial charge is 0.491 e. The molecule has 3 heterocycles. The van der Waals surface area contributed by atoms with Crippen LogP contribution in [-0.4, -0.2) is 124 Å². The Bertz CT molecular complexity index is 3150. The van der Waals surface area contributed by atoms with Crippen molar-refractivity contribution in [2.24, 2.45) is 5.41 Å². The summed E-state index contributed by atoms with van der Waals surface area (Å²) in [4.78, 5) is 52.9. The molecule has 0 radical (unpaired) electrons. The maximum Gasteiger partial charge on any atom is 0.246 e. The molecular formula is C58H73N7O10S2. The molecule has 4 atom stereocenters. The molecule has 77 heavy (non-hydrogen) atoms. The molecule has 2 unspecified atom stereocenters. The number of hydrogen-bond donors (Lipinski definition) is 4. The van der Waals surface area contributed by atoms with Gasteiger partial charge in [0.05, 0.1) is 77.7 Å². The lowest BCUT2D eigenvalue weighted by molar-refractivity contribution is -0.147. The molecule has 0 spiro atoms. The Hall–Kier alpha value is -6.22. The number of aromatic nitrogens is 2. The molecule has 0 fully saturated rings. The monoisotopic (exact) mass is 1090 g/mol. The van der Waals surface area contributed by atoms with E-state index in [1.54, 1.807) is 74.8 Å². The summed E-state index contributed by atoms with van der Waals surface area (Å²) >= 11 is 1.56. The number of aryl methyl sites for hydroxylation is 1. The molecular weight excluding hydrogens is 1020 g/mol. The number of hydrogen-bond acceptors (Lipinski definition) is 15. The van der Waals surface area contributed by atoms with E-state index in [2.05, 4.69) is 43.4 Å². The molecule has 412 valence electrons. The summed E-state index contributed by atoms with van der Waals surface area (Å²) in [6.07, 6.45) is 4.71. The van der Waals surface area contributed by atoms with Crippen molar-refractivity contribution >= 4 is 71.4 Å². The lowest BCUT2D eigenvalue weighted by Gasteiger charge is -2.41. The van der Waals surface area contributed by atoms with E-state index in [-0.39, 0.29) is 60.8 Å². The maximum atomic E-state index is 14.7. The summed E-state index contributed by atoms with van der Waals surface area (Å²) < 4.78 is 57.3. The van der Waals surface area contributed by atoms with Crippen LogP contribution in [0.4, 0.5) is 11.4 Å². The molecule has 6 aromatic rings. The normalized spacial score (nSPS) is 16.5. The highest BCUT2D eigenvalue weighted by Gasteiger charge is 2.43. The third-order valence-electron chi connectivity index (χ3n) is 14.0. The van der Waals surface area contributed by atoms with Gasteiger partial charge >= 0.3 is 0 Å². The van der Waals surface area contributed by atoms with Gasteiger partial charge in [-0.05, 0) is 124 Å². The predicted molar refractivity (Wildman–Crippen MR) is 300 cm³/mol. The first-order chi connectivity index (χ1) is 36.8. The van der Waals surface area contributed by atoms with Gasteiger partial charge in [0.1, 0.15) is 41.7 Å². The number of likely N-dealkylation sites (N-methyl/N-ethyl adjacent to an activating group) is 1. The molecule has 2 aromatic heterocycles. The smallest absolute Gasteiger partial charge is 0.246 e. The fourth-order valence-corrected chi connectivity index (χ4v) is 11.5. The number of fused-ring (bicyclic) bond motifs is 4. The van der Waals surface area contributed by atoms with E-state index in [0.717, 1.165) is 51.9 Å². The Morgan fingerprint density at radius 2 is 1.51 bits per heavy atom. The highest BCUT2D eigenvalue weighted by atomic mass is 32.2. The van der Waals surface area contributed by atoms with Gasteiger partial charge in [-0.3, -0.25) is 19.4 Å². The van der Waals surface area contributed by atoms with Crippen molar-refractivity contribution in [3.63, 3.8) is 0 Å². The lowest BCUT2D eigenvalue weighted by Crippen LogP contribution is -2.62. The number of nitrogens with one attached hydrogen (secondary N) is 4. The molecule has 3 amide bonds. The minimum absolute atomic E-state index is 0.0750. The summed E-state index contributed by atoms with van der Waals surface area (Å²) in [6, 6.07) is 22.6. The van der Waals surface area contributed by atoms with Crippen molar-refractivity contribution in [2.75, 3.05) is 65.2 Å². The number of nitrogens with zero attached hydrogens (tertiary/aromatic N) is 3. The second-order valence-electron chi connectivity index (χ2n) is 21.6. The molecule has 1 aliphatic heterocycles. The van der Waals surface area contributed by atoms with Crippen molar-refractivity contribution in [1.82, 2.24) is 30.8 Å². The number of anilines is 2. The summed E-state index contributed by atoms with van der Waals surface area (Å²) in [6.45, 7) is 14.8. The number of amides is 3. The van der Waals surface area contributed by atoms with Crippen LogP contribution in [0, 0.1) is 5.41 Å². The lowest BCUT2D eigenvalue weighted by atomic mass is 9.83. The van der Waals surface area contributed by atoms with E-state index in [9.17, 15) is 22.8 Å². The molecule has 0 saturated heterocycles. The van der Waals surface area contributed by atoms with Crippen LogP contribution in [0.2, 0.25) is 0 Å². The van der Waals surface area contributed by atoms with E-state index >= 15 is 0 Å². The first kappa shape index (κ1) is 57.0. The SMILES string of the molecule is CNC(C)C(=O)NC(C(=O)N1Cc2cc(OCCOCCOCCOCCOc3cc4nccc(Nc5ccc6scnc6c5)c4cc3S(=O)(=O)C(C)(C)C)ccc2C[C@H]1C(=O)N[C@H]1CCCc2ccccc21)C(C)(C)C. The van der Waals surface area contributed by atoms with Gasteiger partial charge in [0, 0.05) is 42.0 Å². The quantitative estimate of drug-likeness (QED) is 0.0446. The van der Waals surface area contributed by atoms with Crippen LogP contribution in [0.5, 0.6) is 11.5 Å². The zero-order valence-electron chi connectivity index (χ0n) is 45.4. The number of carbonyl (C=O) groups is 3. The van der Waals surface area contributed by atoms with Gasteiger partial charge in [-0.2, -0.15) is 0 Å². The van der Waals surface area contributed by atoms with E-state index in [1.807, 2.05) is 75.4 Å². The molecule has 0 saturated carbocycles. The average Bonchev–Trinajstić information content (AvgIpc) is 3.90. The number of carbonyl (C=O) groups excluding carboxylic acids is 3. The minimum atomic E-state index is -3.83. The Labute approximate surface area is 456 Å². The van der Waals surface area contributed by atoms with E-state index in [0.29, 0.717) is 61.8 Å². The summed E-state index contributed by atoms with van der Waals surface area (Å²) in [5, 5.41) is 13.3. The van der Waals surface area contributed by atoms with Crippen LogP contribution in [0.1, 0.15) is 89.6 Å². The van der Waals surface area contributed by atoms with Crippen molar-refractivity contribution in [3.8, 4) is 11.5 Å². The summed E-state index contributed by atoms with van der Waals surface area (Å²) in [5.41, 5.74) is 8.26.